The van der Waals surface area contributed by atoms with Crippen molar-refractivity contribution in [3.63, 3.8) is 0 Å². The molecule has 1 aromatic rings. The van der Waals surface area contributed by atoms with Crippen LogP contribution in [-0.4, -0.2) is 32.5 Å². The van der Waals surface area contributed by atoms with Crippen molar-refractivity contribution >= 4 is 6.16 Å². The average molecular weight is 239 g/mol. The Morgan fingerprint density at radius 2 is 2.18 bits per heavy atom. The molecular weight excluding hydrogens is 224 g/mol. The van der Waals surface area contributed by atoms with Crippen molar-refractivity contribution in [2.45, 2.75) is 51.4 Å². The fourth-order valence-electron chi connectivity index (χ4n) is 1.84. The maximum Gasteiger partial charge on any atom is 0.510 e. The largest absolute Gasteiger partial charge is 0.510 e. The third-order valence-corrected chi connectivity index (χ3v) is 2.75. The van der Waals surface area contributed by atoms with Crippen molar-refractivity contribution in [3.8, 4) is 0 Å². The number of rotatable bonds is 3. The lowest BCUT2D eigenvalue weighted by Crippen LogP contribution is -2.23. The van der Waals surface area contributed by atoms with Crippen LogP contribution in [0, 0.1) is 6.33 Å². The second-order valence-corrected chi connectivity index (χ2v) is 4.07. The Morgan fingerprint density at radius 3 is 2.82 bits per heavy atom. The van der Waals surface area contributed by atoms with E-state index in [1.54, 1.807) is 6.92 Å². The number of nitrogens with zero attached hydrogens (tertiary/aromatic N) is 4. The molecule has 93 valence electrons. The molecule has 0 N–H and O–H groups in total. The topological polar surface area (TPSA) is 79.1 Å². The third kappa shape index (κ3) is 3.40. The van der Waals surface area contributed by atoms with E-state index in [1.165, 1.54) is 11.1 Å². The van der Waals surface area contributed by atoms with Gasteiger partial charge in [-0.25, -0.2) is 4.79 Å². The van der Waals surface area contributed by atoms with Crippen LogP contribution in [0.5, 0.6) is 0 Å². The van der Waals surface area contributed by atoms with Crippen LogP contribution in [0.4, 0.5) is 4.79 Å². The molecule has 0 bridgehead atoms. The maximum absolute atomic E-state index is 11.5. The standard InChI is InChI=1S/C10H15N4O3/c1-8(14-7-11-12-13-14)16-10(15)17-9-5-3-2-4-6-9/h8-9H,2-6H2,1H3. The Labute approximate surface area is 99.1 Å². The Hall–Kier alpha value is -1.66. The SMILES string of the molecule is CC(OC(=O)OC1CCCCC1)n1[c]nnn1. The molecule has 1 atom stereocenters. The molecule has 1 aliphatic rings. The Balaban J connectivity index is 1.76. The van der Waals surface area contributed by atoms with Crippen molar-refractivity contribution in [2.75, 3.05) is 0 Å². The van der Waals surface area contributed by atoms with Gasteiger partial charge >= 0.3 is 6.16 Å². The molecule has 1 fully saturated rings. The van der Waals surface area contributed by atoms with Crippen LogP contribution in [0.3, 0.4) is 0 Å². The van der Waals surface area contributed by atoms with Gasteiger partial charge in [0.15, 0.2) is 6.23 Å². The summed E-state index contributed by atoms with van der Waals surface area (Å²) in [5.74, 6) is 0. The lowest BCUT2D eigenvalue weighted by Gasteiger charge is -2.22. The van der Waals surface area contributed by atoms with Crippen LogP contribution < -0.4 is 0 Å². The fourth-order valence-corrected chi connectivity index (χ4v) is 1.84. The summed E-state index contributed by atoms with van der Waals surface area (Å²) in [6.07, 6.45) is 6.42. The van der Waals surface area contributed by atoms with Crippen LogP contribution in [-0.2, 0) is 9.47 Å². The monoisotopic (exact) mass is 239 g/mol. The van der Waals surface area contributed by atoms with Gasteiger partial charge in [0.1, 0.15) is 6.10 Å². The van der Waals surface area contributed by atoms with Gasteiger partial charge in [-0.05, 0) is 43.0 Å². The van der Waals surface area contributed by atoms with Crippen molar-refractivity contribution in [2.24, 2.45) is 0 Å². The highest BCUT2D eigenvalue weighted by Crippen LogP contribution is 2.21. The lowest BCUT2D eigenvalue weighted by molar-refractivity contribution is -0.0292. The number of carbonyl (C=O) groups excluding carboxylic acids is 1. The van der Waals surface area contributed by atoms with E-state index in [0.717, 1.165) is 25.7 Å². The summed E-state index contributed by atoms with van der Waals surface area (Å²) in [5.41, 5.74) is 0. The molecule has 1 heterocycles. The number of hydrogen-bond donors (Lipinski definition) is 0. The summed E-state index contributed by atoms with van der Waals surface area (Å²) in [5, 5.41) is 10.3. The molecule has 1 unspecified atom stereocenters. The van der Waals surface area contributed by atoms with E-state index < -0.39 is 12.4 Å². The van der Waals surface area contributed by atoms with Crippen LogP contribution >= 0.6 is 0 Å². The zero-order valence-corrected chi connectivity index (χ0v) is 9.70. The summed E-state index contributed by atoms with van der Waals surface area (Å²) in [6, 6.07) is 0. The van der Waals surface area contributed by atoms with Crippen molar-refractivity contribution in [1.82, 2.24) is 20.2 Å². The quantitative estimate of drug-likeness (QED) is 0.743. The number of carbonyl (C=O) groups is 1. The zero-order chi connectivity index (χ0) is 12.1. The van der Waals surface area contributed by atoms with Crippen LogP contribution in [0.1, 0.15) is 45.3 Å². The van der Waals surface area contributed by atoms with Crippen molar-refractivity contribution < 1.29 is 14.3 Å². The van der Waals surface area contributed by atoms with E-state index in [0.29, 0.717) is 0 Å². The molecule has 0 spiro atoms. The van der Waals surface area contributed by atoms with Gasteiger partial charge in [0.25, 0.3) is 0 Å². The minimum Gasteiger partial charge on any atom is -0.431 e. The van der Waals surface area contributed by atoms with Crippen LogP contribution in [0.15, 0.2) is 0 Å². The second-order valence-electron chi connectivity index (χ2n) is 4.07. The number of hydrogen-bond acceptors (Lipinski definition) is 6. The normalized spacial score (nSPS) is 18.6. The molecule has 0 aromatic carbocycles. The first-order chi connectivity index (χ1) is 8.25. The number of aromatic nitrogens is 4. The molecule has 0 aliphatic heterocycles. The minimum atomic E-state index is -0.673. The third-order valence-electron chi connectivity index (χ3n) is 2.75. The van der Waals surface area contributed by atoms with Gasteiger partial charge in [-0.15, -0.1) is 5.10 Å². The van der Waals surface area contributed by atoms with E-state index in [-0.39, 0.29) is 6.10 Å². The molecule has 2 rings (SSSR count). The predicted molar refractivity (Wildman–Crippen MR) is 55.8 cm³/mol. The molecule has 1 saturated carbocycles. The predicted octanol–water partition coefficient (Wildman–Crippen LogP) is 1.48. The summed E-state index contributed by atoms with van der Waals surface area (Å²) in [7, 11) is 0. The van der Waals surface area contributed by atoms with Gasteiger partial charge in [0.05, 0.1) is 0 Å². The molecule has 7 nitrogen and oxygen atoms in total. The van der Waals surface area contributed by atoms with Crippen molar-refractivity contribution in [3.05, 3.63) is 6.33 Å². The van der Waals surface area contributed by atoms with Crippen molar-refractivity contribution in [1.29, 1.82) is 0 Å². The Morgan fingerprint density at radius 1 is 1.41 bits per heavy atom. The highest BCUT2D eigenvalue weighted by Gasteiger charge is 2.20. The first-order valence-electron chi connectivity index (χ1n) is 5.78. The molecule has 0 saturated heterocycles. The van der Waals surface area contributed by atoms with E-state index in [9.17, 15) is 4.79 Å². The fraction of sp³-hybridized carbons (Fsp3) is 0.800. The summed E-state index contributed by atoms with van der Waals surface area (Å²) < 4.78 is 11.5. The Bertz CT molecular complexity index is 348. The molecule has 7 heteroatoms. The van der Waals surface area contributed by atoms with Gasteiger partial charge in [0.2, 0.25) is 6.33 Å². The number of ether oxygens (including phenoxy) is 2. The molecule has 17 heavy (non-hydrogen) atoms. The first-order valence-corrected chi connectivity index (χ1v) is 5.78. The summed E-state index contributed by atoms with van der Waals surface area (Å²) in [4.78, 5) is 11.5. The minimum absolute atomic E-state index is 0.0127. The van der Waals surface area contributed by atoms with Gasteiger partial charge in [-0.1, -0.05) is 6.42 Å². The second kappa shape index (κ2) is 5.60. The lowest BCUT2D eigenvalue weighted by atomic mass is 9.98. The molecule has 1 aromatic heterocycles. The van der Waals surface area contributed by atoms with Crippen LogP contribution in [0.2, 0.25) is 0 Å². The first kappa shape index (κ1) is 11.8. The molecular formula is C10H15N4O3. The van der Waals surface area contributed by atoms with E-state index in [4.69, 9.17) is 9.47 Å². The smallest absolute Gasteiger partial charge is 0.431 e. The molecule has 0 amide bonds. The van der Waals surface area contributed by atoms with E-state index in [2.05, 4.69) is 21.9 Å². The van der Waals surface area contributed by atoms with Crippen LogP contribution in [0.25, 0.3) is 0 Å². The van der Waals surface area contributed by atoms with Gasteiger partial charge in [-0.3, -0.25) is 0 Å². The average Bonchev–Trinajstić information content (AvgIpc) is 2.83. The van der Waals surface area contributed by atoms with Gasteiger partial charge in [0, 0.05) is 0 Å². The zero-order valence-electron chi connectivity index (χ0n) is 9.70. The Kier molecular flexibility index (Phi) is 3.89. The maximum atomic E-state index is 11.5. The molecule has 1 aliphatic carbocycles. The number of tetrazole rings is 1. The van der Waals surface area contributed by atoms with E-state index in [1.807, 2.05) is 0 Å². The van der Waals surface area contributed by atoms with Gasteiger partial charge in [-0.2, -0.15) is 4.68 Å². The molecule has 1 radical (unpaired) electrons. The summed E-state index contributed by atoms with van der Waals surface area (Å²) in [6.45, 7) is 1.65. The van der Waals surface area contributed by atoms with Gasteiger partial charge < -0.3 is 9.47 Å². The highest BCUT2D eigenvalue weighted by molar-refractivity contribution is 5.60. The highest BCUT2D eigenvalue weighted by atomic mass is 16.7. The summed E-state index contributed by atoms with van der Waals surface area (Å²) >= 11 is 0. The van der Waals surface area contributed by atoms with E-state index >= 15 is 0 Å².